The van der Waals surface area contributed by atoms with Crippen LogP contribution in [-0.4, -0.2) is 37.5 Å². The van der Waals surface area contributed by atoms with E-state index in [-0.39, 0.29) is 12.6 Å². The molecule has 0 amide bonds. The first-order chi connectivity index (χ1) is 7.31. The van der Waals surface area contributed by atoms with Crippen LogP contribution in [0.25, 0.3) is 0 Å². The summed E-state index contributed by atoms with van der Waals surface area (Å²) in [5, 5.41) is 8.52. The van der Waals surface area contributed by atoms with Crippen molar-refractivity contribution in [2.75, 3.05) is 26.4 Å². The van der Waals surface area contributed by atoms with Gasteiger partial charge in [0.15, 0.2) is 0 Å². The fourth-order valence-corrected chi connectivity index (χ4v) is 1.09. The van der Waals surface area contributed by atoms with Gasteiger partial charge in [0.1, 0.15) is 6.61 Å². The Morgan fingerprint density at radius 2 is 1.93 bits per heavy atom. The fraction of sp³-hybridized carbons (Fsp3) is 0.909. The number of ether oxygens (including phenoxy) is 2. The summed E-state index contributed by atoms with van der Waals surface area (Å²) < 4.78 is 10.1. The maximum absolute atomic E-state index is 11.1. The van der Waals surface area contributed by atoms with Crippen LogP contribution >= 0.6 is 0 Å². The van der Waals surface area contributed by atoms with Crippen molar-refractivity contribution in [1.29, 1.82) is 0 Å². The van der Waals surface area contributed by atoms with Gasteiger partial charge in [0.2, 0.25) is 0 Å². The maximum atomic E-state index is 11.1. The van der Waals surface area contributed by atoms with Crippen molar-refractivity contribution in [3.63, 3.8) is 0 Å². The molecule has 0 aromatic rings. The Labute approximate surface area is 91.6 Å². The van der Waals surface area contributed by atoms with Crippen molar-refractivity contribution in [3.8, 4) is 0 Å². The molecule has 0 atom stereocenters. The first kappa shape index (κ1) is 14.4. The Morgan fingerprint density at radius 1 is 1.13 bits per heavy atom. The van der Waals surface area contributed by atoms with E-state index in [0.717, 1.165) is 25.7 Å². The molecule has 0 aromatic carbocycles. The maximum Gasteiger partial charge on any atom is 0.305 e. The Hall–Kier alpha value is -0.610. The number of carbonyl (C=O) groups is 1. The molecule has 0 spiro atoms. The largest absolute Gasteiger partial charge is 0.463 e. The van der Waals surface area contributed by atoms with E-state index in [0.29, 0.717) is 26.2 Å². The molecule has 0 heterocycles. The van der Waals surface area contributed by atoms with Gasteiger partial charge in [-0.15, -0.1) is 0 Å². The molecule has 4 heteroatoms. The highest BCUT2D eigenvalue weighted by molar-refractivity contribution is 5.69. The van der Waals surface area contributed by atoms with E-state index in [9.17, 15) is 4.79 Å². The molecule has 0 saturated heterocycles. The van der Waals surface area contributed by atoms with Crippen LogP contribution in [0.1, 0.15) is 39.0 Å². The molecule has 0 bridgehead atoms. The fourth-order valence-electron chi connectivity index (χ4n) is 1.09. The molecule has 0 rings (SSSR count). The highest BCUT2D eigenvalue weighted by Crippen LogP contribution is 2.00. The molecule has 0 aliphatic rings. The van der Waals surface area contributed by atoms with E-state index in [4.69, 9.17) is 14.6 Å². The molecule has 4 nitrogen and oxygen atoms in total. The van der Waals surface area contributed by atoms with Crippen molar-refractivity contribution < 1.29 is 19.4 Å². The summed E-state index contributed by atoms with van der Waals surface area (Å²) in [6.45, 7) is 3.77. The quantitative estimate of drug-likeness (QED) is 0.446. The van der Waals surface area contributed by atoms with Gasteiger partial charge >= 0.3 is 5.97 Å². The van der Waals surface area contributed by atoms with Crippen molar-refractivity contribution >= 4 is 5.97 Å². The number of hydrogen-bond acceptors (Lipinski definition) is 4. The second-order valence-electron chi connectivity index (χ2n) is 3.37. The lowest BCUT2D eigenvalue weighted by molar-refractivity contribution is -0.145. The van der Waals surface area contributed by atoms with E-state index in [1.165, 1.54) is 0 Å². The number of unbranched alkanes of at least 4 members (excludes halogenated alkanes) is 2. The summed E-state index contributed by atoms with van der Waals surface area (Å²) in [5.41, 5.74) is 0. The van der Waals surface area contributed by atoms with Gasteiger partial charge in [-0.25, -0.2) is 0 Å². The number of carbonyl (C=O) groups excluding carboxylic acids is 1. The van der Waals surface area contributed by atoms with Crippen LogP contribution in [0.4, 0.5) is 0 Å². The third-order valence-electron chi connectivity index (χ3n) is 1.88. The summed E-state index contributed by atoms with van der Waals surface area (Å²) in [6, 6.07) is 0. The van der Waals surface area contributed by atoms with E-state index in [2.05, 4.69) is 0 Å². The van der Waals surface area contributed by atoms with E-state index in [1.807, 2.05) is 6.92 Å². The van der Waals surface area contributed by atoms with Crippen LogP contribution in [0.2, 0.25) is 0 Å². The van der Waals surface area contributed by atoms with Gasteiger partial charge < -0.3 is 14.6 Å². The normalized spacial score (nSPS) is 10.3. The minimum absolute atomic E-state index is 0.173. The van der Waals surface area contributed by atoms with Crippen LogP contribution < -0.4 is 0 Å². The van der Waals surface area contributed by atoms with Crippen molar-refractivity contribution in [2.24, 2.45) is 0 Å². The van der Waals surface area contributed by atoms with Crippen molar-refractivity contribution in [3.05, 3.63) is 0 Å². The Morgan fingerprint density at radius 3 is 2.60 bits per heavy atom. The van der Waals surface area contributed by atoms with Gasteiger partial charge in [0.25, 0.3) is 0 Å². The summed E-state index contributed by atoms with van der Waals surface area (Å²) in [7, 11) is 0. The lowest BCUT2D eigenvalue weighted by Gasteiger charge is -2.05. The van der Waals surface area contributed by atoms with Crippen LogP contribution in [-0.2, 0) is 14.3 Å². The molecule has 15 heavy (non-hydrogen) atoms. The van der Waals surface area contributed by atoms with E-state index >= 15 is 0 Å². The molecule has 90 valence electrons. The van der Waals surface area contributed by atoms with Crippen LogP contribution in [0.3, 0.4) is 0 Å². The summed E-state index contributed by atoms with van der Waals surface area (Å²) in [6.07, 6.45) is 3.84. The molecule has 0 fully saturated rings. The van der Waals surface area contributed by atoms with Gasteiger partial charge in [-0.2, -0.15) is 0 Å². The topological polar surface area (TPSA) is 55.8 Å². The van der Waals surface area contributed by atoms with Crippen molar-refractivity contribution in [1.82, 2.24) is 0 Å². The van der Waals surface area contributed by atoms with Gasteiger partial charge in [0, 0.05) is 19.6 Å². The number of aliphatic hydroxyl groups is 1. The minimum atomic E-state index is -0.173. The molecular weight excluding hydrogens is 196 g/mol. The van der Waals surface area contributed by atoms with Crippen LogP contribution in [0.15, 0.2) is 0 Å². The van der Waals surface area contributed by atoms with Gasteiger partial charge in [-0.1, -0.05) is 13.3 Å². The Balaban J connectivity index is 3.11. The zero-order chi connectivity index (χ0) is 11.4. The molecule has 0 unspecified atom stereocenters. The lowest BCUT2D eigenvalue weighted by atomic mass is 10.2. The SMILES string of the molecule is CCCOCCOC(=O)CCCCCO. The van der Waals surface area contributed by atoms with Gasteiger partial charge in [-0.05, 0) is 19.3 Å². The molecule has 0 aliphatic carbocycles. The number of rotatable bonds is 10. The van der Waals surface area contributed by atoms with Crippen LogP contribution in [0, 0.1) is 0 Å². The monoisotopic (exact) mass is 218 g/mol. The molecule has 0 aliphatic heterocycles. The predicted octanol–water partition coefficient (Wildman–Crippen LogP) is 1.51. The zero-order valence-electron chi connectivity index (χ0n) is 9.54. The standard InChI is InChI=1S/C11H22O4/c1-2-8-14-9-10-15-11(13)6-4-3-5-7-12/h12H,2-10H2,1H3. The zero-order valence-corrected chi connectivity index (χ0v) is 9.54. The number of aliphatic hydroxyl groups excluding tert-OH is 1. The second kappa shape index (κ2) is 11.5. The molecule has 1 N–H and O–H groups in total. The Kier molecular flexibility index (Phi) is 11.0. The van der Waals surface area contributed by atoms with Crippen molar-refractivity contribution in [2.45, 2.75) is 39.0 Å². The number of esters is 1. The molecular formula is C11H22O4. The third kappa shape index (κ3) is 11.3. The summed E-state index contributed by atoms with van der Waals surface area (Å²) >= 11 is 0. The van der Waals surface area contributed by atoms with E-state index < -0.39 is 0 Å². The highest BCUT2D eigenvalue weighted by atomic mass is 16.6. The smallest absolute Gasteiger partial charge is 0.305 e. The number of hydrogen-bond donors (Lipinski definition) is 1. The summed E-state index contributed by atoms with van der Waals surface area (Å²) in [4.78, 5) is 11.1. The first-order valence-corrected chi connectivity index (χ1v) is 5.65. The third-order valence-corrected chi connectivity index (χ3v) is 1.88. The molecule has 0 radical (unpaired) electrons. The molecule has 0 saturated carbocycles. The van der Waals surface area contributed by atoms with Crippen LogP contribution in [0.5, 0.6) is 0 Å². The minimum Gasteiger partial charge on any atom is -0.463 e. The molecule has 0 aromatic heterocycles. The van der Waals surface area contributed by atoms with E-state index in [1.54, 1.807) is 0 Å². The summed E-state index contributed by atoms with van der Waals surface area (Å²) in [5.74, 6) is -0.173. The van der Waals surface area contributed by atoms with Gasteiger partial charge in [-0.3, -0.25) is 4.79 Å². The average Bonchev–Trinajstić information content (AvgIpc) is 2.24. The average molecular weight is 218 g/mol. The Bertz CT molecular complexity index is 148. The second-order valence-corrected chi connectivity index (χ2v) is 3.37. The van der Waals surface area contributed by atoms with Gasteiger partial charge in [0.05, 0.1) is 6.61 Å². The first-order valence-electron chi connectivity index (χ1n) is 5.65. The lowest BCUT2D eigenvalue weighted by Crippen LogP contribution is -2.10. The highest BCUT2D eigenvalue weighted by Gasteiger charge is 2.01. The predicted molar refractivity (Wildman–Crippen MR) is 57.6 cm³/mol.